The highest BCUT2D eigenvalue weighted by Gasteiger charge is 2.05. The molecule has 0 rings (SSSR count). The van der Waals surface area contributed by atoms with E-state index in [0.29, 0.717) is 6.42 Å². The van der Waals surface area contributed by atoms with Crippen molar-refractivity contribution in [2.75, 3.05) is 0 Å². The lowest BCUT2D eigenvalue weighted by atomic mass is 10.1. The number of aliphatic carboxylic acids is 1. The first-order valence-electron chi connectivity index (χ1n) is 5.11. The minimum atomic E-state index is -0.763. The van der Waals surface area contributed by atoms with Gasteiger partial charge in [0.1, 0.15) is 0 Å². The molecule has 86 valence electrons. The first-order chi connectivity index (χ1) is 7.06. The molecule has 0 radical (unpaired) electrons. The van der Waals surface area contributed by atoms with E-state index in [1.807, 2.05) is 6.92 Å². The fourth-order valence-electron chi connectivity index (χ4n) is 1.19. The number of ether oxygens (including phenoxy) is 1. The van der Waals surface area contributed by atoms with Crippen LogP contribution in [0.15, 0.2) is 12.7 Å². The number of carbonyl (C=O) groups excluding carboxylic acids is 1. The predicted octanol–water partition coefficient (Wildman–Crippen LogP) is 2.14. The number of carboxylic acid groups (broad SMARTS) is 1. The second-order valence-electron chi connectivity index (χ2n) is 3.44. The fraction of sp³-hybridized carbons (Fsp3) is 0.636. The molecule has 0 saturated heterocycles. The van der Waals surface area contributed by atoms with Crippen molar-refractivity contribution in [1.29, 1.82) is 0 Å². The topological polar surface area (TPSA) is 63.6 Å². The molecule has 0 bridgehead atoms. The van der Waals surface area contributed by atoms with E-state index in [4.69, 9.17) is 9.84 Å². The lowest BCUT2D eigenvalue weighted by molar-refractivity contribution is -0.142. The Balaban J connectivity index is 3.38. The Kier molecular flexibility index (Phi) is 7.32. The Hall–Kier alpha value is -1.32. The summed E-state index contributed by atoms with van der Waals surface area (Å²) >= 11 is 0. The lowest BCUT2D eigenvalue weighted by Gasteiger charge is -2.10. The highest BCUT2D eigenvalue weighted by atomic mass is 16.5. The van der Waals surface area contributed by atoms with Crippen LogP contribution in [0.3, 0.4) is 0 Å². The van der Waals surface area contributed by atoms with E-state index in [1.165, 1.54) is 0 Å². The third kappa shape index (κ3) is 9.00. The van der Waals surface area contributed by atoms with Crippen molar-refractivity contribution in [2.24, 2.45) is 0 Å². The van der Waals surface area contributed by atoms with Gasteiger partial charge in [0.25, 0.3) is 0 Å². The van der Waals surface area contributed by atoms with Crippen LogP contribution in [0, 0.1) is 0 Å². The standard InChI is InChI=1S/C11H18O4/c1-3-11(14)15-9(2)7-5-4-6-8-10(12)13/h3,9H,1,4-8H2,2H3,(H,12,13). The Morgan fingerprint density at radius 1 is 1.40 bits per heavy atom. The molecule has 0 fully saturated rings. The Morgan fingerprint density at radius 3 is 2.60 bits per heavy atom. The highest BCUT2D eigenvalue weighted by Crippen LogP contribution is 2.08. The Bertz CT molecular complexity index is 223. The summed E-state index contributed by atoms with van der Waals surface area (Å²) in [4.78, 5) is 21.0. The van der Waals surface area contributed by atoms with E-state index in [9.17, 15) is 9.59 Å². The zero-order valence-corrected chi connectivity index (χ0v) is 9.07. The maximum Gasteiger partial charge on any atom is 0.330 e. The molecular formula is C11H18O4. The van der Waals surface area contributed by atoms with Gasteiger partial charge in [0.2, 0.25) is 0 Å². The van der Waals surface area contributed by atoms with Crippen LogP contribution in [-0.4, -0.2) is 23.1 Å². The summed E-state index contributed by atoms with van der Waals surface area (Å²) < 4.78 is 4.95. The van der Waals surface area contributed by atoms with Crippen LogP contribution in [0.2, 0.25) is 0 Å². The van der Waals surface area contributed by atoms with Gasteiger partial charge in [-0.3, -0.25) is 4.79 Å². The molecule has 15 heavy (non-hydrogen) atoms. The average Bonchev–Trinajstić information content (AvgIpc) is 2.16. The molecule has 1 atom stereocenters. The number of carbonyl (C=O) groups is 2. The van der Waals surface area contributed by atoms with Gasteiger partial charge in [0, 0.05) is 12.5 Å². The van der Waals surface area contributed by atoms with Crippen LogP contribution < -0.4 is 0 Å². The number of esters is 1. The lowest BCUT2D eigenvalue weighted by Crippen LogP contribution is -2.12. The van der Waals surface area contributed by atoms with Gasteiger partial charge < -0.3 is 9.84 Å². The summed E-state index contributed by atoms with van der Waals surface area (Å²) in [7, 11) is 0. The van der Waals surface area contributed by atoms with Crippen LogP contribution >= 0.6 is 0 Å². The molecule has 0 saturated carbocycles. The third-order valence-electron chi connectivity index (χ3n) is 1.99. The molecule has 0 heterocycles. The minimum Gasteiger partial charge on any atom is -0.481 e. The van der Waals surface area contributed by atoms with E-state index in [2.05, 4.69) is 6.58 Å². The van der Waals surface area contributed by atoms with E-state index >= 15 is 0 Å². The molecule has 4 nitrogen and oxygen atoms in total. The van der Waals surface area contributed by atoms with Crippen LogP contribution in [-0.2, 0) is 14.3 Å². The van der Waals surface area contributed by atoms with Crippen LogP contribution in [0.25, 0.3) is 0 Å². The normalized spacial score (nSPS) is 11.8. The summed E-state index contributed by atoms with van der Waals surface area (Å²) in [5.74, 6) is -1.17. The van der Waals surface area contributed by atoms with Gasteiger partial charge in [0.05, 0.1) is 6.10 Å². The molecular weight excluding hydrogens is 196 g/mol. The number of rotatable bonds is 8. The van der Waals surface area contributed by atoms with Gasteiger partial charge in [0.15, 0.2) is 0 Å². The van der Waals surface area contributed by atoms with Crippen molar-refractivity contribution in [3.63, 3.8) is 0 Å². The fourth-order valence-corrected chi connectivity index (χ4v) is 1.19. The molecule has 0 aliphatic heterocycles. The zero-order chi connectivity index (χ0) is 11.7. The van der Waals surface area contributed by atoms with Crippen LogP contribution in [0.4, 0.5) is 0 Å². The molecule has 0 aliphatic carbocycles. The summed E-state index contributed by atoms with van der Waals surface area (Å²) in [5, 5.41) is 8.39. The van der Waals surface area contributed by atoms with Crippen molar-refractivity contribution in [1.82, 2.24) is 0 Å². The van der Waals surface area contributed by atoms with Gasteiger partial charge >= 0.3 is 11.9 Å². The van der Waals surface area contributed by atoms with E-state index in [0.717, 1.165) is 25.3 Å². The van der Waals surface area contributed by atoms with Gasteiger partial charge in [-0.1, -0.05) is 13.0 Å². The molecule has 0 spiro atoms. The Morgan fingerprint density at radius 2 is 2.07 bits per heavy atom. The molecule has 0 aliphatic rings. The number of carboxylic acids is 1. The minimum absolute atomic E-state index is 0.125. The number of unbranched alkanes of at least 4 members (excludes halogenated alkanes) is 2. The smallest absolute Gasteiger partial charge is 0.330 e. The van der Waals surface area contributed by atoms with Crippen LogP contribution in [0.1, 0.15) is 39.0 Å². The molecule has 0 aromatic rings. The van der Waals surface area contributed by atoms with Crippen molar-refractivity contribution >= 4 is 11.9 Å². The van der Waals surface area contributed by atoms with Crippen molar-refractivity contribution in [2.45, 2.75) is 45.1 Å². The van der Waals surface area contributed by atoms with E-state index in [1.54, 1.807) is 0 Å². The van der Waals surface area contributed by atoms with E-state index < -0.39 is 11.9 Å². The van der Waals surface area contributed by atoms with Crippen molar-refractivity contribution in [3.8, 4) is 0 Å². The highest BCUT2D eigenvalue weighted by molar-refractivity contribution is 5.81. The van der Waals surface area contributed by atoms with Crippen LogP contribution in [0.5, 0.6) is 0 Å². The molecule has 4 heteroatoms. The second-order valence-corrected chi connectivity index (χ2v) is 3.44. The number of hydrogen-bond acceptors (Lipinski definition) is 3. The first-order valence-corrected chi connectivity index (χ1v) is 5.11. The molecule has 0 amide bonds. The monoisotopic (exact) mass is 214 g/mol. The average molecular weight is 214 g/mol. The summed E-state index contributed by atoms with van der Waals surface area (Å²) in [6, 6.07) is 0. The predicted molar refractivity (Wildman–Crippen MR) is 56.5 cm³/mol. The van der Waals surface area contributed by atoms with Crippen molar-refractivity contribution in [3.05, 3.63) is 12.7 Å². The van der Waals surface area contributed by atoms with Crippen molar-refractivity contribution < 1.29 is 19.4 Å². The largest absolute Gasteiger partial charge is 0.481 e. The van der Waals surface area contributed by atoms with Gasteiger partial charge in [-0.15, -0.1) is 0 Å². The maximum atomic E-state index is 10.8. The van der Waals surface area contributed by atoms with Gasteiger partial charge in [-0.05, 0) is 26.2 Å². The molecule has 1 N–H and O–H groups in total. The Labute approximate surface area is 89.9 Å². The number of hydrogen-bond donors (Lipinski definition) is 1. The van der Waals surface area contributed by atoms with E-state index in [-0.39, 0.29) is 12.5 Å². The maximum absolute atomic E-state index is 10.8. The molecule has 0 aromatic carbocycles. The summed E-state index contributed by atoms with van der Waals surface area (Å²) in [5.41, 5.74) is 0. The summed E-state index contributed by atoms with van der Waals surface area (Å²) in [6.07, 6.45) is 4.39. The van der Waals surface area contributed by atoms with Gasteiger partial charge in [-0.2, -0.15) is 0 Å². The quantitative estimate of drug-likeness (QED) is 0.382. The molecule has 0 aromatic heterocycles. The van der Waals surface area contributed by atoms with Gasteiger partial charge in [-0.25, -0.2) is 4.79 Å². The second kappa shape index (κ2) is 8.03. The SMILES string of the molecule is C=CC(=O)OC(C)CCCCCC(=O)O. The zero-order valence-electron chi connectivity index (χ0n) is 9.07. The molecule has 1 unspecified atom stereocenters. The first kappa shape index (κ1) is 13.7. The summed E-state index contributed by atoms with van der Waals surface area (Å²) in [6.45, 7) is 5.12. The third-order valence-corrected chi connectivity index (χ3v) is 1.99.